The molecular weight excluding hydrogens is 362 g/mol. The molecule has 28 heavy (non-hydrogen) atoms. The number of aliphatic hydroxyl groups is 1. The maximum Gasteiger partial charge on any atom is 0.290 e. The summed E-state index contributed by atoms with van der Waals surface area (Å²) in [6.45, 7) is 2.07. The van der Waals surface area contributed by atoms with E-state index < -0.39 is 23.5 Å². The first-order valence-corrected chi connectivity index (χ1v) is 8.73. The number of methoxy groups -OCH3 is 2. The predicted octanol–water partition coefficient (Wildman–Crippen LogP) is 3.29. The molecule has 1 atom stereocenters. The summed E-state index contributed by atoms with van der Waals surface area (Å²) in [6.07, 6.45) is 4.25. The van der Waals surface area contributed by atoms with Gasteiger partial charge in [-0.15, -0.1) is 0 Å². The third kappa shape index (κ3) is 3.38. The number of ether oxygens (including phenoxy) is 2. The quantitative estimate of drug-likeness (QED) is 0.738. The molecule has 7 heteroatoms. The zero-order valence-corrected chi connectivity index (χ0v) is 15.8. The summed E-state index contributed by atoms with van der Waals surface area (Å²) in [6, 6.07) is 7.71. The lowest BCUT2D eigenvalue weighted by atomic mass is 9.94. The van der Waals surface area contributed by atoms with Gasteiger partial charge in [-0.25, -0.2) is 0 Å². The highest BCUT2D eigenvalue weighted by Crippen LogP contribution is 2.42. The molecule has 7 nitrogen and oxygen atoms in total. The van der Waals surface area contributed by atoms with Crippen molar-refractivity contribution in [1.29, 1.82) is 0 Å². The third-order valence-electron chi connectivity index (χ3n) is 4.58. The number of ketones is 1. The summed E-state index contributed by atoms with van der Waals surface area (Å²) in [5, 5.41) is 10.4. The lowest BCUT2D eigenvalue weighted by Gasteiger charge is -2.26. The number of nitrogens with zero attached hydrogens (tertiary/aromatic N) is 1. The Hall–Kier alpha value is -3.48. The summed E-state index contributed by atoms with van der Waals surface area (Å²) >= 11 is 0. The van der Waals surface area contributed by atoms with E-state index in [1.54, 1.807) is 37.3 Å². The monoisotopic (exact) mass is 383 g/mol. The number of amides is 1. The highest BCUT2D eigenvalue weighted by molar-refractivity contribution is 6.14. The summed E-state index contributed by atoms with van der Waals surface area (Å²) in [4.78, 5) is 26.9. The molecule has 0 saturated heterocycles. The number of carbonyl (C=O) groups excluding carboxylic acids is 2. The van der Waals surface area contributed by atoms with Gasteiger partial charge in [-0.1, -0.05) is 0 Å². The molecule has 0 aliphatic carbocycles. The Labute approximate surface area is 162 Å². The van der Waals surface area contributed by atoms with Crippen LogP contribution >= 0.6 is 0 Å². The highest BCUT2D eigenvalue weighted by Gasteiger charge is 2.43. The fourth-order valence-electron chi connectivity index (χ4n) is 3.24. The van der Waals surface area contributed by atoms with Gasteiger partial charge in [-0.05, 0) is 49.4 Å². The van der Waals surface area contributed by atoms with Gasteiger partial charge < -0.3 is 23.9 Å². The van der Waals surface area contributed by atoms with E-state index in [1.165, 1.54) is 37.5 Å². The van der Waals surface area contributed by atoms with E-state index in [0.717, 1.165) is 0 Å². The van der Waals surface area contributed by atoms with Gasteiger partial charge in [-0.2, -0.15) is 0 Å². The predicted molar refractivity (Wildman–Crippen MR) is 102 cm³/mol. The molecule has 2 aromatic rings. The summed E-state index contributed by atoms with van der Waals surface area (Å²) < 4.78 is 15.9. The van der Waals surface area contributed by atoms with E-state index >= 15 is 0 Å². The van der Waals surface area contributed by atoms with Crippen LogP contribution in [0.4, 0.5) is 0 Å². The summed E-state index contributed by atoms with van der Waals surface area (Å²) in [7, 11) is 3.02. The molecule has 1 aromatic heterocycles. The van der Waals surface area contributed by atoms with Crippen molar-refractivity contribution >= 4 is 17.8 Å². The minimum absolute atomic E-state index is 0.0128. The van der Waals surface area contributed by atoms with Crippen molar-refractivity contribution in [1.82, 2.24) is 4.90 Å². The van der Waals surface area contributed by atoms with Crippen molar-refractivity contribution in [3.8, 4) is 11.5 Å². The van der Waals surface area contributed by atoms with Crippen molar-refractivity contribution in [2.24, 2.45) is 0 Å². The molecule has 0 spiro atoms. The average molecular weight is 383 g/mol. The van der Waals surface area contributed by atoms with Crippen LogP contribution < -0.4 is 9.47 Å². The van der Waals surface area contributed by atoms with Gasteiger partial charge >= 0.3 is 0 Å². The molecule has 1 amide bonds. The number of hydrogen-bond donors (Lipinski definition) is 1. The van der Waals surface area contributed by atoms with Crippen molar-refractivity contribution in [2.75, 3.05) is 20.8 Å². The minimum atomic E-state index is -0.795. The molecule has 2 heterocycles. The minimum Gasteiger partial charge on any atom is -0.503 e. The third-order valence-corrected chi connectivity index (χ3v) is 4.58. The molecular formula is C21H21NO6. The second-order valence-electron chi connectivity index (χ2n) is 6.08. The van der Waals surface area contributed by atoms with Gasteiger partial charge in [0.2, 0.25) is 0 Å². The maximum atomic E-state index is 12.9. The number of benzene rings is 1. The number of carbonyl (C=O) groups is 2. The van der Waals surface area contributed by atoms with Crippen LogP contribution in [-0.4, -0.2) is 42.5 Å². The van der Waals surface area contributed by atoms with Crippen LogP contribution in [-0.2, 0) is 9.59 Å². The largest absolute Gasteiger partial charge is 0.503 e. The fraction of sp³-hybridized carbons (Fsp3) is 0.238. The highest BCUT2D eigenvalue weighted by atomic mass is 16.5. The van der Waals surface area contributed by atoms with E-state index in [4.69, 9.17) is 13.9 Å². The van der Waals surface area contributed by atoms with Crippen LogP contribution in [0.15, 0.2) is 58.4 Å². The number of furan rings is 1. The Bertz CT molecular complexity index is 942. The van der Waals surface area contributed by atoms with E-state index in [-0.39, 0.29) is 5.57 Å². The topological polar surface area (TPSA) is 89.2 Å². The Morgan fingerprint density at radius 3 is 2.68 bits per heavy atom. The van der Waals surface area contributed by atoms with Crippen LogP contribution in [0.3, 0.4) is 0 Å². The SMILES string of the molecule is CCN1C(=O)C(O)=C(C(=O)/C=C/c2ccco2)C1c1cc(OC)ccc1OC. The molecule has 1 unspecified atom stereocenters. The van der Waals surface area contributed by atoms with Crippen LogP contribution in [0, 0.1) is 0 Å². The Morgan fingerprint density at radius 2 is 2.07 bits per heavy atom. The molecule has 0 fully saturated rings. The van der Waals surface area contributed by atoms with E-state index in [2.05, 4.69) is 0 Å². The molecule has 0 saturated carbocycles. The first-order valence-electron chi connectivity index (χ1n) is 8.73. The standard InChI is InChI=1S/C21H21NO6/c1-4-22-19(15-12-14(26-2)8-10-17(15)27-3)18(20(24)21(22)25)16(23)9-7-13-6-5-11-28-13/h5-12,19,24H,4H2,1-3H3/b9-7+. The van der Waals surface area contributed by atoms with Crippen LogP contribution in [0.5, 0.6) is 11.5 Å². The Kier molecular flexibility index (Phi) is 5.54. The number of aliphatic hydroxyl groups excluding tert-OH is 1. The van der Waals surface area contributed by atoms with Crippen LogP contribution in [0.2, 0.25) is 0 Å². The number of allylic oxidation sites excluding steroid dienone is 1. The Morgan fingerprint density at radius 1 is 1.29 bits per heavy atom. The zero-order valence-electron chi connectivity index (χ0n) is 15.8. The van der Waals surface area contributed by atoms with Gasteiger partial charge in [0.05, 0.1) is 32.1 Å². The summed E-state index contributed by atoms with van der Waals surface area (Å²) in [5.74, 6) is -0.151. The van der Waals surface area contributed by atoms with E-state index in [9.17, 15) is 14.7 Å². The molecule has 1 N–H and O–H groups in total. The zero-order chi connectivity index (χ0) is 20.3. The van der Waals surface area contributed by atoms with Gasteiger partial charge in [-0.3, -0.25) is 9.59 Å². The molecule has 3 rings (SSSR count). The first-order chi connectivity index (χ1) is 13.5. The smallest absolute Gasteiger partial charge is 0.290 e. The van der Waals surface area contributed by atoms with Crippen molar-refractivity contribution in [2.45, 2.75) is 13.0 Å². The van der Waals surface area contributed by atoms with Gasteiger partial charge in [0.1, 0.15) is 17.3 Å². The van der Waals surface area contributed by atoms with Crippen molar-refractivity contribution in [3.63, 3.8) is 0 Å². The molecule has 0 bridgehead atoms. The molecule has 146 valence electrons. The second-order valence-corrected chi connectivity index (χ2v) is 6.08. The van der Waals surface area contributed by atoms with E-state index in [1.807, 2.05) is 0 Å². The van der Waals surface area contributed by atoms with Crippen LogP contribution in [0.1, 0.15) is 24.3 Å². The maximum absolute atomic E-state index is 12.9. The first kappa shape index (κ1) is 19.3. The lowest BCUT2D eigenvalue weighted by molar-refractivity contribution is -0.129. The van der Waals surface area contributed by atoms with Gasteiger partial charge in [0.15, 0.2) is 11.5 Å². The molecule has 0 radical (unpaired) electrons. The molecule has 1 aromatic carbocycles. The second kappa shape index (κ2) is 8.04. The normalized spacial score (nSPS) is 16.9. The van der Waals surface area contributed by atoms with Gasteiger partial charge in [0.25, 0.3) is 5.91 Å². The number of rotatable bonds is 7. The number of likely N-dealkylation sites (N-methyl/N-ethyl adjacent to an activating group) is 1. The van der Waals surface area contributed by atoms with Crippen LogP contribution in [0.25, 0.3) is 6.08 Å². The average Bonchev–Trinajstić information content (AvgIpc) is 3.32. The number of hydrogen-bond acceptors (Lipinski definition) is 6. The molecule has 1 aliphatic heterocycles. The molecule has 1 aliphatic rings. The summed E-state index contributed by atoms with van der Waals surface area (Å²) in [5.41, 5.74) is 0.539. The van der Waals surface area contributed by atoms with Crippen molar-refractivity contribution < 1.29 is 28.6 Å². The Balaban J connectivity index is 2.08. The lowest BCUT2D eigenvalue weighted by Crippen LogP contribution is -2.31. The van der Waals surface area contributed by atoms with E-state index in [0.29, 0.717) is 29.4 Å². The van der Waals surface area contributed by atoms with Gasteiger partial charge in [0, 0.05) is 12.1 Å². The fourth-order valence-corrected chi connectivity index (χ4v) is 3.24. The van der Waals surface area contributed by atoms with Crippen molar-refractivity contribution in [3.05, 3.63) is 65.3 Å².